The van der Waals surface area contributed by atoms with Gasteiger partial charge in [0.2, 0.25) is 0 Å². The van der Waals surface area contributed by atoms with Gasteiger partial charge >= 0.3 is 0 Å². The van der Waals surface area contributed by atoms with Gasteiger partial charge in [0.25, 0.3) is 0 Å². The molecule has 2 aromatic rings. The van der Waals surface area contributed by atoms with Gasteiger partial charge in [0.1, 0.15) is 0 Å². The quantitative estimate of drug-likeness (QED) is 0.799. The third kappa shape index (κ3) is 1.79. The molecule has 0 bridgehead atoms. The third-order valence-corrected chi connectivity index (χ3v) is 4.81. The minimum atomic E-state index is -1.34. The molecule has 3 rings (SSSR count). The maximum Gasteiger partial charge on any atom is 0.196 e. The van der Waals surface area contributed by atoms with Crippen LogP contribution in [0.5, 0.6) is 0 Å². The molecule has 1 aliphatic heterocycles. The lowest BCUT2D eigenvalue weighted by Gasteiger charge is -2.21. The minimum Gasteiger partial charge on any atom is -0.288 e. The van der Waals surface area contributed by atoms with Crippen LogP contribution in [0.15, 0.2) is 53.4 Å². The molecule has 4 heteroatoms. The number of nitrogens with zero attached hydrogens (tertiary/aromatic N) is 1. The predicted molar refractivity (Wildman–Crippen MR) is 75.7 cm³/mol. The molecule has 0 N–H and O–H groups in total. The predicted octanol–water partition coefficient (Wildman–Crippen LogP) is 2.78. The molecular formula is C15H13NO2S. The van der Waals surface area contributed by atoms with Crippen LogP contribution in [-0.2, 0) is 11.0 Å². The SMILES string of the molecule is CCN1c2ccccc2C(=O)c2ccccc2S1=O. The van der Waals surface area contributed by atoms with Crippen LogP contribution < -0.4 is 4.31 Å². The van der Waals surface area contributed by atoms with E-state index in [1.54, 1.807) is 28.6 Å². The zero-order valence-electron chi connectivity index (χ0n) is 10.5. The highest BCUT2D eigenvalue weighted by Crippen LogP contribution is 2.32. The molecule has 0 amide bonds. The van der Waals surface area contributed by atoms with Crippen molar-refractivity contribution in [3.63, 3.8) is 0 Å². The van der Waals surface area contributed by atoms with Crippen molar-refractivity contribution in [2.75, 3.05) is 10.8 Å². The Morgan fingerprint density at radius 2 is 1.63 bits per heavy atom. The van der Waals surface area contributed by atoms with E-state index >= 15 is 0 Å². The van der Waals surface area contributed by atoms with E-state index in [0.29, 0.717) is 22.6 Å². The molecule has 0 spiro atoms. The van der Waals surface area contributed by atoms with Crippen LogP contribution in [0.4, 0.5) is 5.69 Å². The molecule has 3 nitrogen and oxygen atoms in total. The van der Waals surface area contributed by atoms with Gasteiger partial charge in [-0.25, -0.2) is 4.21 Å². The first kappa shape index (κ1) is 12.1. The molecule has 1 heterocycles. The first-order valence-electron chi connectivity index (χ1n) is 6.16. The first-order chi connectivity index (χ1) is 9.24. The fourth-order valence-electron chi connectivity index (χ4n) is 2.33. The monoisotopic (exact) mass is 271 g/mol. The molecule has 0 aliphatic carbocycles. The summed E-state index contributed by atoms with van der Waals surface area (Å²) in [7, 11) is -1.34. The number of anilines is 1. The molecule has 1 atom stereocenters. The number of hydrogen-bond acceptors (Lipinski definition) is 2. The summed E-state index contributed by atoms with van der Waals surface area (Å²) in [4.78, 5) is 13.2. The van der Waals surface area contributed by atoms with Crippen LogP contribution in [-0.4, -0.2) is 16.5 Å². The molecule has 0 aromatic heterocycles. The number of rotatable bonds is 1. The topological polar surface area (TPSA) is 37.4 Å². The second kappa shape index (κ2) is 4.63. The zero-order valence-corrected chi connectivity index (χ0v) is 11.3. The van der Waals surface area contributed by atoms with Crippen molar-refractivity contribution < 1.29 is 9.00 Å². The van der Waals surface area contributed by atoms with E-state index < -0.39 is 11.0 Å². The molecule has 0 radical (unpaired) electrons. The average Bonchev–Trinajstić information content (AvgIpc) is 2.55. The van der Waals surface area contributed by atoms with Gasteiger partial charge in [0.15, 0.2) is 16.8 Å². The lowest BCUT2D eigenvalue weighted by Crippen LogP contribution is -2.25. The molecule has 1 unspecified atom stereocenters. The van der Waals surface area contributed by atoms with Gasteiger partial charge in [-0.3, -0.25) is 9.10 Å². The largest absolute Gasteiger partial charge is 0.288 e. The Labute approximate surface area is 114 Å². The summed E-state index contributed by atoms with van der Waals surface area (Å²) in [5, 5.41) is 0. The van der Waals surface area contributed by atoms with Crippen molar-refractivity contribution in [3.8, 4) is 0 Å². The fourth-order valence-corrected chi connectivity index (χ4v) is 3.68. The Kier molecular flexibility index (Phi) is 2.95. The van der Waals surface area contributed by atoms with Gasteiger partial charge in [-0.1, -0.05) is 24.3 Å². The number of ketones is 1. The van der Waals surface area contributed by atoms with Crippen molar-refractivity contribution in [1.82, 2.24) is 0 Å². The molecule has 0 fully saturated rings. The standard InChI is InChI=1S/C15H13NO2S/c1-2-16-13-9-5-3-7-11(13)15(17)12-8-4-6-10-14(12)19(16)18/h3-10H,2H2,1H3. The van der Waals surface area contributed by atoms with Crippen LogP contribution in [0.2, 0.25) is 0 Å². The van der Waals surface area contributed by atoms with E-state index in [-0.39, 0.29) is 5.78 Å². The summed E-state index contributed by atoms with van der Waals surface area (Å²) in [6, 6.07) is 14.5. The van der Waals surface area contributed by atoms with Crippen LogP contribution in [0.1, 0.15) is 22.8 Å². The van der Waals surface area contributed by atoms with Gasteiger partial charge < -0.3 is 0 Å². The average molecular weight is 271 g/mol. The number of para-hydroxylation sites is 1. The van der Waals surface area contributed by atoms with Crippen molar-refractivity contribution in [2.45, 2.75) is 11.8 Å². The van der Waals surface area contributed by atoms with Gasteiger partial charge in [0, 0.05) is 17.7 Å². The highest BCUT2D eigenvalue weighted by atomic mass is 32.2. The van der Waals surface area contributed by atoms with Gasteiger partial charge in [-0.2, -0.15) is 0 Å². The summed E-state index contributed by atoms with van der Waals surface area (Å²) >= 11 is 0. The first-order valence-corrected chi connectivity index (χ1v) is 7.27. The van der Waals surface area contributed by atoms with Gasteiger partial charge in [-0.15, -0.1) is 0 Å². The summed E-state index contributed by atoms with van der Waals surface area (Å²) in [6.45, 7) is 2.53. The second-order valence-corrected chi connectivity index (χ2v) is 5.67. The zero-order chi connectivity index (χ0) is 13.4. The smallest absolute Gasteiger partial charge is 0.196 e. The van der Waals surface area contributed by atoms with Gasteiger partial charge in [0.05, 0.1) is 10.6 Å². The van der Waals surface area contributed by atoms with E-state index in [1.807, 2.05) is 31.2 Å². The summed E-state index contributed by atoms with van der Waals surface area (Å²) in [6.07, 6.45) is 0. The van der Waals surface area contributed by atoms with Crippen LogP contribution in [0.25, 0.3) is 0 Å². The van der Waals surface area contributed by atoms with E-state index in [0.717, 1.165) is 5.69 Å². The molecule has 1 aliphatic rings. The van der Waals surface area contributed by atoms with E-state index in [2.05, 4.69) is 0 Å². The highest BCUT2D eigenvalue weighted by molar-refractivity contribution is 7.86. The molecule has 0 saturated carbocycles. The van der Waals surface area contributed by atoms with E-state index in [9.17, 15) is 9.00 Å². The normalized spacial score (nSPS) is 17.6. The lowest BCUT2D eigenvalue weighted by atomic mass is 10.0. The van der Waals surface area contributed by atoms with E-state index in [1.165, 1.54) is 0 Å². The van der Waals surface area contributed by atoms with Crippen molar-refractivity contribution in [3.05, 3.63) is 59.7 Å². The Morgan fingerprint density at radius 1 is 1.00 bits per heavy atom. The summed E-state index contributed by atoms with van der Waals surface area (Å²) in [5.74, 6) is -0.0597. The number of carbonyl (C=O) groups is 1. The molecule has 96 valence electrons. The number of hydrogen-bond donors (Lipinski definition) is 0. The van der Waals surface area contributed by atoms with E-state index in [4.69, 9.17) is 0 Å². The molecule has 19 heavy (non-hydrogen) atoms. The summed E-state index contributed by atoms with van der Waals surface area (Å²) < 4.78 is 14.4. The Hall–Kier alpha value is -1.94. The number of carbonyl (C=O) groups excluding carboxylic acids is 1. The van der Waals surface area contributed by atoms with Gasteiger partial charge in [-0.05, 0) is 31.2 Å². The molecular weight excluding hydrogens is 258 g/mol. The number of benzene rings is 2. The van der Waals surface area contributed by atoms with Crippen molar-refractivity contribution in [2.24, 2.45) is 0 Å². The maximum absolute atomic E-state index is 12.7. The second-order valence-electron chi connectivity index (χ2n) is 4.29. The highest BCUT2D eigenvalue weighted by Gasteiger charge is 2.29. The van der Waals surface area contributed by atoms with Crippen LogP contribution in [0.3, 0.4) is 0 Å². The Bertz CT molecular complexity index is 681. The minimum absolute atomic E-state index is 0.0597. The summed E-state index contributed by atoms with van der Waals surface area (Å²) in [5.41, 5.74) is 1.89. The van der Waals surface area contributed by atoms with Crippen molar-refractivity contribution >= 4 is 22.5 Å². The van der Waals surface area contributed by atoms with Crippen LogP contribution in [0, 0.1) is 0 Å². The molecule has 2 aromatic carbocycles. The number of fused-ring (bicyclic) bond motifs is 2. The lowest BCUT2D eigenvalue weighted by molar-refractivity contribution is 0.103. The maximum atomic E-state index is 12.7. The van der Waals surface area contributed by atoms with Crippen LogP contribution >= 0.6 is 0 Å². The Morgan fingerprint density at radius 3 is 2.37 bits per heavy atom. The Balaban J connectivity index is 2.33. The van der Waals surface area contributed by atoms with Crippen molar-refractivity contribution in [1.29, 1.82) is 0 Å². The molecule has 0 saturated heterocycles. The third-order valence-electron chi connectivity index (χ3n) is 3.22. The fraction of sp³-hybridized carbons (Fsp3) is 0.133.